The number of hydrogen-bond acceptors (Lipinski definition) is 3. The number of thioether (sulfide) groups is 1. The van der Waals surface area contributed by atoms with Crippen LogP contribution in [0.5, 0.6) is 0 Å². The topological polar surface area (TPSA) is 41.1 Å². The maximum absolute atomic E-state index is 11.7. The second-order valence-electron chi connectivity index (χ2n) is 4.63. The fraction of sp³-hybridized carbons (Fsp3) is 0.400. The Morgan fingerprint density at radius 1 is 1.42 bits per heavy atom. The van der Waals surface area contributed by atoms with Crippen molar-refractivity contribution in [3.8, 4) is 0 Å². The van der Waals surface area contributed by atoms with Gasteiger partial charge in [0.2, 0.25) is 0 Å². The van der Waals surface area contributed by atoms with E-state index in [1.54, 1.807) is 6.08 Å². The molecule has 1 unspecified atom stereocenters. The fourth-order valence-corrected chi connectivity index (χ4v) is 3.15. The van der Waals surface area contributed by atoms with Gasteiger partial charge in [0.25, 0.3) is 5.91 Å². The van der Waals surface area contributed by atoms with Gasteiger partial charge in [-0.1, -0.05) is 6.08 Å². The first kappa shape index (κ1) is 14.0. The molecule has 2 N–H and O–H groups in total. The monoisotopic (exact) mass is 276 g/mol. The molecule has 0 bridgehead atoms. The van der Waals surface area contributed by atoms with Crippen molar-refractivity contribution in [2.75, 3.05) is 23.4 Å². The Hall–Kier alpha value is -1.42. The maximum Gasteiger partial charge on any atom is 0.251 e. The molecule has 0 saturated carbocycles. The van der Waals surface area contributed by atoms with Crippen LogP contribution in [0.25, 0.3) is 0 Å². The Bertz CT molecular complexity index is 424. The summed E-state index contributed by atoms with van der Waals surface area (Å²) in [5.74, 6) is 2.39. The normalized spacial score (nSPS) is 18.6. The van der Waals surface area contributed by atoms with Crippen molar-refractivity contribution in [3.63, 3.8) is 0 Å². The molecule has 1 heterocycles. The molecule has 4 heteroatoms. The van der Waals surface area contributed by atoms with Gasteiger partial charge in [0, 0.05) is 29.6 Å². The van der Waals surface area contributed by atoms with Crippen LogP contribution in [0, 0.1) is 0 Å². The van der Waals surface area contributed by atoms with E-state index < -0.39 is 0 Å². The standard InChI is InChI=1S/C15H20N2OS/c1-2-9-16-15(18)12-5-7-13(8-6-12)17-14-4-3-10-19-11-14/h2,5-8,14,17H,1,3-4,9-11H2,(H,16,18). The molecule has 0 aliphatic carbocycles. The van der Waals surface area contributed by atoms with Crippen LogP contribution >= 0.6 is 11.8 Å². The number of carbonyl (C=O) groups is 1. The van der Waals surface area contributed by atoms with Gasteiger partial charge >= 0.3 is 0 Å². The van der Waals surface area contributed by atoms with Crippen molar-refractivity contribution in [2.45, 2.75) is 18.9 Å². The van der Waals surface area contributed by atoms with Crippen molar-refractivity contribution in [1.29, 1.82) is 0 Å². The lowest BCUT2D eigenvalue weighted by atomic mass is 10.1. The lowest BCUT2D eigenvalue weighted by Crippen LogP contribution is -2.26. The van der Waals surface area contributed by atoms with E-state index >= 15 is 0 Å². The van der Waals surface area contributed by atoms with Crippen LogP contribution < -0.4 is 10.6 Å². The van der Waals surface area contributed by atoms with Gasteiger partial charge in [0.15, 0.2) is 0 Å². The van der Waals surface area contributed by atoms with Crippen molar-refractivity contribution in [3.05, 3.63) is 42.5 Å². The van der Waals surface area contributed by atoms with Crippen LogP contribution in [0.2, 0.25) is 0 Å². The van der Waals surface area contributed by atoms with E-state index in [0.29, 0.717) is 18.2 Å². The number of rotatable bonds is 5. The first-order chi connectivity index (χ1) is 9.29. The first-order valence-electron chi connectivity index (χ1n) is 6.63. The van der Waals surface area contributed by atoms with Crippen LogP contribution in [0.3, 0.4) is 0 Å². The van der Waals surface area contributed by atoms with E-state index in [9.17, 15) is 4.79 Å². The van der Waals surface area contributed by atoms with Crippen molar-refractivity contribution in [1.82, 2.24) is 5.32 Å². The molecular weight excluding hydrogens is 256 g/mol. The van der Waals surface area contributed by atoms with Gasteiger partial charge in [-0.15, -0.1) is 6.58 Å². The summed E-state index contributed by atoms with van der Waals surface area (Å²) in [6, 6.07) is 8.22. The molecule has 1 saturated heterocycles. The van der Waals surface area contributed by atoms with Crippen LogP contribution in [0.1, 0.15) is 23.2 Å². The Kier molecular flexibility index (Phi) is 5.33. The Balaban J connectivity index is 1.90. The molecule has 2 rings (SSSR count). The minimum Gasteiger partial charge on any atom is -0.381 e. The van der Waals surface area contributed by atoms with Crippen molar-refractivity contribution in [2.24, 2.45) is 0 Å². The molecule has 1 amide bonds. The average Bonchev–Trinajstić information content (AvgIpc) is 2.46. The van der Waals surface area contributed by atoms with Crippen LogP contribution in [0.15, 0.2) is 36.9 Å². The van der Waals surface area contributed by atoms with E-state index in [4.69, 9.17) is 0 Å². The molecule has 0 aromatic heterocycles. The summed E-state index contributed by atoms with van der Waals surface area (Å²) in [7, 11) is 0. The molecule has 1 aliphatic heterocycles. The molecule has 0 radical (unpaired) electrons. The van der Waals surface area contributed by atoms with Crippen molar-refractivity contribution >= 4 is 23.4 Å². The van der Waals surface area contributed by atoms with Gasteiger partial charge in [0.1, 0.15) is 0 Å². The zero-order valence-corrected chi connectivity index (χ0v) is 11.8. The molecular formula is C15H20N2OS. The SMILES string of the molecule is C=CCNC(=O)c1ccc(NC2CCCSC2)cc1. The molecule has 1 aromatic rings. The second-order valence-corrected chi connectivity index (χ2v) is 5.78. The smallest absolute Gasteiger partial charge is 0.251 e. The third-order valence-electron chi connectivity index (χ3n) is 3.09. The number of benzene rings is 1. The van der Waals surface area contributed by atoms with E-state index in [-0.39, 0.29) is 5.91 Å². The van der Waals surface area contributed by atoms with Gasteiger partial charge < -0.3 is 10.6 Å². The van der Waals surface area contributed by atoms with E-state index in [0.717, 1.165) is 5.69 Å². The van der Waals surface area contributed by atoms with Crippen molar-refractivity contribution < 1.29 is 4.79 Å². The molecule has 1 aromatic carbocycles. The molecule has 1 atom stereocenters. The van der Waals surface area contributed by atoms with Gasteiger partial charge in [-0.05, 0) is 42.9 Å². The summed E-state index contributed by atoms with van der Waals surface area (Å²) in [5, 5.41) is 6.29. The van der Waals surface area contributed by atoms with E-state index in [2.05, 4.69) is 17.2 Å². The highest BCUT2D eigenvalue weighted by molar-refractivity contribution is 7.99. The predicted octanol–water partition coefficient (Wildman–Crippen LogP) is 2.91. The lowest BCUT2D eigenvalue weighted by molar-refractivity contribution is 0.0958. The molecule has 0 spiro atoms. The number of carbonyl (C=O) groups excluding carboxylic acids is 1. The third kappa shape index (κ3) is 4.31. The van der Waals surface area contributed by atoms with E-state index in [1.165, 1.54) is 24.3 Å². The quantitative estimate of drug-likeness (QED) is 0.813. The van der Waals surface area contributed by atoms with E-state index in [1.807, 2.05) is 36.0 Å². The minimum absolute atomic E-state index is 0.0559. The summed E-state index contributed by atoms with van der Waals surface area (Å²) in [4.78, 5) is 11.7. The first-order valence-corrected chi connectivity index (χ1v) is 7.78. The number of anilines is 1. The highest BCUT2D eigenvalue weighted by atomic mass is 32.2. The summed E-state index contributed by atoms with van der Waals surface area (Å²) >= 11 is 2.00. The summed E-state index contributed by atoms with van der Waals surface area (Å²) in [5.41, 5.74) is 1.78. The molecule has 1 aliphatic rings. The minimum atomic E-state index is -0.0559. The van der Waals surface area contributed by atoms with Crippen LogP contribution in [-0.2, 0) is 0 Å². The van der Waals surface area contributed by atoms with Gasteiger partial charge in [0.05, 0.1) is 0 Å². The third-order valence-corrected chi connectivity index (χ3v) is 4.30. The zero-order chi connectivity index (χ0) is 13.5. The van der Waals surface area contributed by atoms with Crippen LogP contribution in [0.4, 0.5) is 5.69 Å². The fourth-order valence-electron chi connectivity index (χ4n) is 2.08. The Morgan fingerprint density at radius 3 is 2.84 bits per heavy atom. The summed E-state index contributed by atoms with van der Waals surface area (Å²) in [6.07, 6.45) is 4.19. The average molecular weight is 276 g/mol. The zero-order valence-electron chi connectivity index (χ0n) is 11.0. The highest BCUT2D eigenvalue weighted by Gasteiger charge is 2.13. The lowest BCUT2D eigenvalue weighted by Gasteiger charge is -2.23. The second kappa shape index (κ2) is 7.24. The van der Waals surface area contributed by atoms with Gasteiger partial charge in [-0.3, -0.25) is 4.79 Å². The summed E-state index contributed by atoms with van der Waals surface area (Å²) in [6.45, 7) is 4.08. The number of hydrogen-bond donors (Lipinski definition) is 2. The Labute approximate surface area is 118 Å². The number of amides is 1. The van der Waals surface area contributed by atoms with Gasteiger partial charge in [-0.2, -0.15) is 11.8 Å². The van der Waals surface area contributed by atoms with Gasteiger partial charge in [-0.25, -0.2) is 0 Å². The molecule has 3 nitrogen and oxygen atoms in total. The van der Waals surface area contributed by atoms with Crippen LogP contribution in [-0.4, -0.2) is 30.0 Å². The largest absolute Gasteiger partial charge is 0.381 e. The molecule has 19 heavy (non-hydrogen) atoms. The number of nitrogens with one attached hydrogen (secondary N) is 2. The highest BCUT2D eigenvalue weighted by Crippen LogP contribution is 2.21. The summed E-state index contributed by atoms with van der Waals surface area (Å²) < 4.78 is 0. The maximum atomic E-state index is 11.7. The molecule has 1 fully saturated rings. The predicted molar refractivity (Wildman–Crippen MR) is 82.9 cm³/mol. The molecule has 102 valence electrons. The Morgan fingerprint density at radius 2 is 2.21 bits per heavy atom.